The normalized spacial score (nSPS) is 23.7. The van der Waals surface area contributed by atoms with Gasteiger partial charge in [0.25, 0.3) is 0 Å². The van der Waals surface area contributed by atoms with Crippen LogP contribution in [0.15, 0.2) is 24.3 Å². The summed E-state index contributed by atoms with van der Waals surface area (Å²) < 4.78 is 27.2. The van der Waals surface area contributed by atoms with Crippen molar-refractivity contribution in [1.82, 2.24) is 29.6 Å². The summed E-state index contributed by atoms with van der Waals surface area (Å²) in [5.74, 6) is 0.619. The number of aromatic nitrogens is 4. The van der Waals surface area contributed by atoms with Crippen molar-refractivity contribution in [2.24, 2.45) is 0 Å². The van der Waals surface area contributed by atoms with E-state index in [2.05, 4.69) is 20.2 Å². The minimum atomic E-state index is -2.84. The summed E-state index contributed by atoms with van der Waals surface area (Å²) in [6, 6.07) is 7.46. The summed E-state index contributed by atoms with van der Waals surface area (Å²) >= 11 is 11.4. The van der Waals surface area contributed by atoms with Gasteiger partial charge in [-0.05, 0) is 53.3 Å². The van der Waals surface area contributed by atoms with Gasteiger partial charge in [0.2, 0.25) is 4.77 Å². The van der Waals surface area contributed by atoms with Gasteiger partial charge in [-0.1, -0.05) is 11.6 Å². The molecule has 146 valence electrons. The number of tetrazole rings is 1. The molecule has 0 amide bonds. The molecule has 1 atom stereocenters. The van der Waals surface area contributed by atoms with Gasteiger partial charge >= 0.3 is 0 Å². The van der Waals surface area contributed by atoms with Crippen molar-refractivity contribution in [2.45, 2.75) is 19.1 Å². The topological polar surface area (TPSA) is 76.3 Å². The summed E-state index contributed by atoms with van der Waals surface area (Å²) in [5, 5.41) is 8.99. The Morgan fingerprint density at radius 2 is 1.81 bits per heavy atom. The fourth-order valence-electron chi connectivity index (χ4n) is 3.63. The molecule has 0 radical (unpaired) electrons. The standard InChI is InChI=1S/C16H21ClN6O2S2/c17-13-1-3-14(4-2-13)23-16(26)22(18-19-23)12-20-6-8-21(9-7-20)15-5-10-27(24,25)11-15/h1-4,15H,5-12H2. The highest BCUT2D eigenvalue weighted by Crippen LogP contribution is 2.19. The maximum Gasteiger partial charge on any atom is 0.221 e. The van der Waals surface area contributed by atoms with Crippen molar-refractivity contribution in [3.05, 3.63) is 34.1 Å². The second kappa shape index (κ2) is 7.59. The molecule has 11 heteroatoms. The Bertz CT molecular complexity index is 964. The summed E-state index contributed by atoms with van der Waals surface area (Å²) in [7, 11) is -2.84. The zero-order chi connectivity index (χ0) is 19.0. The van der Waals surface area contributed by atoms with E-state index < -0.39 is 9.84 Å². The smallest absolute Gasteiger partial charge is 0.221 e. The Balaban J connectivity index is 1.37. The summed E-state index contributed by atoms with van der Waals surface area (Å²) in [6.45, 7) is 4.00. The molecule has 1 aromatic heterocycles. The molecule has 8 nitrogen and oxygen atoms in total. The van der Waals surface area contributed by atoms with E-state index in [0.717, 1.165) is 38.3 Å². The maximum atomic E-state index is 11.7. The molecule has 2 aliphatic rings. The molecule has 2 aliphatic heterocycles. The van der Waals surface area contributed by atoms with Crippen LogP contribution in [0.25, 0.3) is 5.69 Å². The number of piperazine rings is 1. The Kier molecular flexibility index (Phi) is 5.34. The second-order valence-corrected chi connectivity index (χ2v) is 10.0. The number of rotatable bonds is 4. The van der Waals surface area contributed by atoms with Crippen LogP contribution in [0.5, 0.6) is 0 Å². The van der Waals surface area contributed by atoms with Crippen molar-refractivity contribution >= 4 is 33.7 Å². The molecule has 0 bridgehead atoms. The largest absolute Gasteiger partial charge is 0.297 e. The van der Waals surface area contributed by atoms with Crippen molar-refractivity contribution < 1.29 is 8.42 Å². The SMILES string of the molecule is O=S1(=O)CCC(N2CCN(Cn3nnn(-c4ccc(Cl)cc4)c3=S)CC2)C1. The van der Waals surface area contributed by atoms with Gasteiger partial charge in [-0.15, -0.1) is 0 Å². The van der Waals surface area contributed by atoms with Crippen molar-refractivity contribution in [2.75, 3.05) is 37.7 Å². The monoisotopic (exact) mass is 428 g/mol. The van der Waals surface area contributed by atoms with E-state index in [-0.39, 0.29) is 6.04 Å². The van der Waals surface area contributed by atoms with Crippen LogP contribution in [0.4, 0.5) is 0 Å². The average Bonchev–Trinajstić information content (AvgIpc) is 3.19. The van der Waals surface area contributed by atoms with E-state index in [0.29, 0.717) is 28.0 Å². The lowest BCUT2D eigenvalue weighted by Gasteiger charge is -2.37. The van der Waals surface area contributed by atoms with Crippen LogP contribution in [0.3, 0.4) is 0 Å². The molecular formula is C16H21ClN6O2S2. The highest BCUT2D eigenvalue weighted by Gasteiger charge is 2.33. The molecule has 0 saturated carbocycles. The van der Waals surface area contributed by atoms with E-state index in [1.54, 1.807) is 21.5 Å². The first-order valence-electron chi connectivity index (χ1n) is 8.87. The molecule has 0 spiro atoms. The number of halogens is 1. The molecule has 0 aliphatic carbocycles. The van der Waals surface area contributed by atoms with Crippen LogP contribution < -0.4 is 0 Å². The molecule has 0 N–H and O–H groups in total. The molecule has 4 rings (SSSR count). The third kappa shape index (κ3) is 4.24. The molecule has 3 heterocycles. The fraction of sp³-hybridized carbons (Fsp3) is 0.562. The van der Waals surface area contributed by atoms with Gasteiger partial charge in [-0.25, -0.2) is 13.1 Å². The van der Waals surface area contributed by atoms with Crippen LogP contribution in [-0.4, -0.2) is 81.7 Å². The Morgan fingerprint density at radius 1 is 1.11 bits per heavy atom. The van der Waals surface area contributed by atoms with Gasteiger partial charge in [-0.2, -0.15) is 4.68 Å². The zero-order valence-electron chi connectivity index (χ0n) is 14.7. The Morgan fingerprint density at radius 3 is 2.44 bits per heavy atom. The molecule has 27 heavy (non-hydrogen) atoms. The summed E-state index contributed by atoms with van der Waals surface area (Å²) in [6.07, 6.45) is 0.753. The first-order valence-corrected chi connectivity index (χ1v) is 11.5. The quantitative estimate of drug-likeness (QED) is 0.677. The third-order valence-electron chi connectivity index (χ3n) is 5.18. The van der Waals surface area contributed by atoms with Crippen LogP contribution in [0.2, 0.25) is 5.02 Å². The number of sulfone groups is 1. The van der Waals surface area contributed by atoms with E-state index in [9.17, 15) is 8.42 Å². The number of hydrogen-bond acceptors (Lipinski definition) is 7. The number of nitrogens with zero attached hydrogens (tertiary/aromatic N) is 6. The van der Waals surface area contributed by atoms with Crippen molar-refractivity contribution in [3.8, 4) is 5.69 Å². The first kappa shape index (κ1) is 19.0. The summed E-state index contributed by atoms with van der Waals surface area (Å²) in [4.78, 5) is 4.56. The molecule has 1 aromatic carbocycles. The van der Waals surface area contributed by atoms with E-state index in [1.165, 1.54) is 0 Å². The predicted molar refractivity (Wildman–Crippen MR) is 105 cm³/mol. The molecule has 2 aromatic rings. The van der Waals surface area contributed by atoms with Gasteiger partial charge in [0.1, 0.15) is 0 Å². The number of benzene rings is 1. The van der Waals surface area contributed by atoms with Gasteiger partial charge in [-0.3, -0.25) is 9.80 Å². The van der Waals surface area contributed by atoms with Crippen LogP contribution in [0.1, 0.15) is 6.42 Å². The van der Waals surface area contributed by atoms with Crippen molar-refractivity contribution in [1.29, 1.82) is 0 Å². The fourth-order valence-corrected chi connectivity index (χ4v) is 5.75. The van der Waals surface area contributed by atoms with Gasteiger partial charge in [0.05, 0.1) is 23.9 Å². The first-order chi connectivity index (χ1) is 12.9. The van der Waals surface area contributed by atoms with Gasteiger partial charge in [0.15, 0.2) is 9.84 Å². The lowest BCUT2D eigenvalue weighted by atomic mass is 10.2. The molecule has 1 unspecified atom stereocenters. The van der Waals surface area contributed by atoms with E-state index >= 15 is 0 Å². The zero-order valence-corrected chi connectivity index (χ0v) is 17.1. The summed E-state index contributed by atoms with van der Waals surface area (Å²) in [5.41, 5.74) is 0.822. The lowest BCUT2D eigenvalue weighted by molar-refractivity contribution is 0.0804. The predicted octanol–water partition coefficient (Wildman–Crippen LogP) is 1.21. The Labute approximate surface area is 168 Å². The third-order valence-corrected chi connectivity index (χ3v) is 7.56. The maximum absolute atomic E-state index is 11.7. The van der Waals surface area contributed by atoms with Crippen LogP contribution >= 0.6 is 23.8 Å². The molecular weight excluding hydrogens is 408 g/mol. The minimum Gasteiger partial charge on any atom is -0.297 e. The van der Waals surface area contributed by atoms with E-state index in [1.807, 2.05) is 12.1 Å². The van der Waals surface area contributed by atoms with Gasteiger partial charge < -0.3 is 0 Å². The second-order valence-electron chi connectivity index (χ2n) is 7.00. The number of hydrogen-bond donors (Lipinski definition) is 0. The van der Waals surface area contributed by atoms with E-state index in [4.69, 9.17) is 23.8 Å². The molecule has 2 fully saturated rings. The molecule has 2 saturated heterocycles. The van der Waals surface area contributed by atoms with Gasteiger partial charge in [0, 0.05) is 37.2 Å². The van der Waals surface area contributed by atoms with Crippen LogP contribution in [0, 0.1) is 4.77 Å². The Hall–Kier alpha value is -1.33. The highest BCUT2D eigenvalue weighted by molar-refractivity contribution is 7.91. The highest BCUT2D eigenvalue weighted by atomic mass is 35.5. The van der Waals surface area contributed by atoms with Crippen molar-refractivity contribution in [3.63, 3.8) is 0 Å². The average molecular weight is 429 g/mol. The van der Waals surface area contributed by atoms with Crippen LogP contribution in [-0.2, 0) is 16.5 Å². The minimum absolute atomic E-state index is 0.171. The lowest BCUT2D eigenvalue weighted by Crippen LogP contribution is -2.51.